The van der Waals surface area contributed by atoms with Crippen molar-refractivity contribution in [3.8, 4) is 5.75 Å². The molecule has 0 aliphatic carbocycles. The van der Waals surface area contributed by atoms with Gasteiger partial charge in [0, 0.05) is 19.2 Å². The molecule has 152 valence electrons. The maximum absolute atomic E-state index is 14.0. The Labute approximate surface area is 164 Å². The summed E-state index contributed by atoms with van der Waals surface area (Å²) in [5.41, 5.74) is 2.14. The van der Waals surface area contributed by atoms with Crippen molar-refractivity contribution < 1.29 is 18.3 Å². The van der Waals surface area contributed by atoms with E-state index < -0.39 is 5.82 Å². The number of guanidine groups is 1. The predicted molar refractivity (Wildman–Crippen MR) is 106 cm³/mol. The summed E-state index contributed by atoms with van der Waals surface area (Å²) >= 11 is 0. The predicted octanol–water partition coefficient (Wildman–Crippen LogP) is 3.94. The third-order valence-electron chi connectivity index (χ3n) is 4.20. The molecule has 1 atom stereocenters. The van der Waals surface area contributed by atoms with Crippen molar-refractivity contribution in [3.05, 3.63) is 64.7 Å². The molecular formula is C21H27F2N3O2. The molecule has 0 saturated carbocycles. The van der Waals surface area contributed by atoms with E-state index in [1.807, 2.05) is 13.8 Å². The minimum atomic E-state index is -0.410. The number of nitrogens with zero attached hydrogens (tertiary/aromatic N) is 1. The molecule has 2 N–H and O–H groups in total. The summed E-state index contributed by atoms with van der Waals surface area (Å²) in [6.07, 6.45) is 0. The van der Waals surface area contributed by atoms with E-state index >= 15 is 0 Å². The first kappa shape index (κ1) is 21.6. The molecule has 0 fully saturated rings. The normalized spacial score (nSPS) is 12.6. The van der Waals surface area contributed by atoms with Gasteiger partial charge in [0.25, 0.3) is 0 Å². The molecule has 28 heavy (non-hydrogen) atoms. The first-order valence-corrected chi connectivity index (χ1v) is 9.13. The van der Waals surface area contributed by atoms with Crippen LogP contribution in [0.2, 0.25) is 0 Å². The van der Waals surface area contributed by atoms with E-state index in [0.717, 1.165) is 11.1 Å². The number of rotatable bonds is 8. The van der Waals surface area contributed by atoms with Gasteiger partial charge in [-0.15, -0.1) is 0 Å². The van der Waals surface area contributed by atoms with E-state index in [0.29, 0.717) is 24.6 Å². The van der Waals surface area contributed by atoms with Crippen LogP contribution in [0.25, 0.3) is 0 Å². The van der Waals surface area contributed by atoms with Crippen LogP contribution in [-0.4, -0.2) is 26.7 Å². The average Bonchev–Trinajstić information content (AvgIpc) is 2.68. The molecule has 5 nitrogen and oxygen atoms in total. The fourth-order valence-corrected chi connectivity index (χ4v) is 2.72. The molecule has 2 aromatic carbocycles. The van der Waals surface area contributed by atoms with Crippen LogP contribution in [0.4, 0.5) is 8.78 Å². The van der Waals surface area contributed by atoms with Crippen LogP contribution in [0, 0.1) is 11.6 Å². The quantitative estimate of drug-likeness (QED) is 0.529. The minimum Gasteiger partial charge on any atom is -0.494 e. The molecule has 0 radical (unpaired) electrons. The van der Waals surface area contributed by atoms with Crippen LogP contribution < -0.4 is 15.4 Å². The Bertz CT molecular complexity index is 812. The lowest BCUT2D eigenvalue weighted by Crippen LogP contribution is -2.38. The molecule has 0 heterocycles. The Morgan fingerprint density at radius 3 is 2.54 bits per heavy atom. The van der Waals surface area contributed by atoms with Crippen molar-refractivity contribution in [2.45, 2.75) is 33.0 Å². The zero-order valence-electron chi connectivity index (χ0n) is 16.7. The third kappa shape index (κ3) is 5.92. The number of ether oxygens (including phenoxy) is 2. The lowest BCUT2D eigenvalue weighted by molar-refractivity contribution is 0.181. The maximum Gasteiger partial charge on any atom is 0.192 e. The van der Waals surface area contributed by atoms with E-state index in [2.05, 4.69) is 15.6 Å². The number of aliphatic imine (C=N–C) groups is 1. The van der Waals surface area contributed by atoms with Crippen LogP contribution >= 0.6 is 0 Å². The first-order valence-electron chi connectivity index (χ1n) is 9.13. The Hall–Kier alpha value is -2.67. The second-order valence-corrected chi connectivity index (χ2v) is 6.31. The highest BCUT2D eigenvalue weighted by Crippen LogP contribution is 2.21. The van der Waals surface area contributed by atoms with Crippen molar-refractivity contribution >= 4 is 5.96 Å². The van der Waals surface area contributed by atoms with Gasteiger partial charge in [0.15, 0.2) is 17.5 Å². The van der Waals surface area contributed by atoms with Gasteiger partial charge in [-0.2, -0.15) is 0 Å². The second kappa shape index (κ2) is 10.6. The third-order valence-corrected chi connectivity index (χ3v) is 4.20. The van der Waals surface area contributed by atoms with E-state index in [4.69, 9.17) is 9.47 Å². The Balaban J connectivity index is 2.11. The topological polar surface area (TPSA) is 54.9 Å². The number of hydrogen-bond donors (Lipinski definition) is 2. The first-order chi connectivity index (χ1) is 13.5. The molecule has 1 unspecified atom stereocenters. The average molecular weight is 391 g/mol. The van der Waals surface area contributed by atoms with Gasteiger partial charge in [0.1, 0.15) is 5.82 Å². The lowest BCUT2D eigenvalue weighted by atomic mass is 10.1. The number of methoxy groups -OCH3 is 2. The summed E-state index contributed by atoms with van der Waals surface area (Å²) in [5, 5.41) is 6.42. The van der Waals surface area contributed by atoms with Gasteiger partial charge in [-0.3, -0.25) is 0 Å². The summed E-state index contributed by atoms with van der Waals surface area (Å²) in [4.78, 5) is 4.55. The van der Waals surface area contributed by atoms with Gasteiger partial charge >= 0.3 is 0 Å². The van der Waals surface area contributed by atoms with E-state index in [-0.39, 0.29) is 24.2 Å². The van der Waals surface area contributed by atoms with E-state index in [9.17, 15) is 8.78 Å². The monoisotopic (exact) mass is 391 g/mol. The highest BCUT2D eigenvalue weighted by molar-refractivity contribution is 5.80. The van der Waals surface area contributed by atoms with E-state index in [1.165, 1.54) is 26.4 Å². The van der Waals surface area contributed by atoms with Crippen LogP contribution in [0.15, 0.2) is 41.4 Å². The molecule has 2 aromatic rings. The summed E-state index contributed by atoms with van der Waals surface area (Å²) in [7, 11) is 2.96. The van der Waals surface area contributed by atoms with Gasteiger partial charge in [0.05, 0.1) is 26.3 Å². The van der Waals surface area contributed by atoms with Crippen molar-refractivity contribution in [2.24, 2.45) is 4.99 Å². The summed E-state index contributed by atoms with van der Waals surface area (Å²) in [6, 6.07) is 9.54. The van der Waals surface area contributed by atoms with Crippen molar-refractivity contribution in [1.82, 2.24) is 10.6 Å². The zero-order chi connectivity index (χ0) is 20.5. The van der Waals surface area contributed by atoms with Crippen molar-refractivity contribution in [2.75, 3.05) is 20.8 Å². The minimum absolute atomic E-state index is 0.171. The van der Waals surface area contributed by atoms with E-state index in [1.54, 1.807) is 24.3 Å². The Morgan fingerprint density at radius 2 is 1.89 bits per heavy atom. The molecule has 0 amide bonds. The van der Waals surface area contributed by atoms with Gasteiger partial charge in [0.2, 0.25) is 0 Å². The highest BCUT2D eigenvalue weighted by Gasteiger charge is 2.11. The van der Waals surface area contributed by atoms with Gasteiger partial charge < -0.3 is 20.1 Å². The van der Waals surface area contributed by atoms with Crippen molar-refractivity contribution in [3.63, 3.8) is 0 Å². The molecule has 0 saturated heterocycles. The van der Waals surface area contributed by atoms with Gasteiger partial charge in [-0.1, -0.05) is 12.1 Å². The Kier molecular flexibility index (Phi) is 8.19. The van der Waals surface area contributed by atoms with Gasteiger partial charge in [-0.25, -0.2) is 13.8 Å². The van der Waals surface area contributed by atoms with Crippen LogP contribution in [0.3, 0.4) is 0 Å². The second-order valence-electron chi connectivity index (χ2n) is 6.31. The number of benzene rings is 2. The number of halogens is 2. The molecule has 0 aliphatic rings. The standard InChI is InChI=1S/C21H27F2N3O2/c1-5-24-21(25-12-15-6-8-18(22)17(10-15)13-27-3)26-14(2)16-7-9-20(28-4)19(23)11-16/h6-11,14H,5,12-13H2,1-4H3,(H2,24,25,26). The molecule has 2 rings (SSSR count). The SMILES string of the molecule is CCNC(=NCc1ccc(F)c(COC)c1)NC(C)c1ccc(OC)c(F)c1. The molecule has 0 aliphatic heterocycles. The number of nitrogens with one attached hydrogen (secondary N) is 2. The molecule has 0 bridgehead atoms. The summed E-state index contributed by atoms with van der Waals surface area (Å²) in [5.74, 6) is 0.0888. The highest BCUT2D eigenvalue weighted by atomic mass is 19.1. The molecular weight excluding hydrogens is 364 g/mol. The number of hydrogen-bond acceptors (Lipinski definition) is 3. The fourth-order valence-electron chi connectivity index (χ4n) is 2.72. The molecule has 0 spiro atoms. The largest absolute Gasteiger partial charge is 0.494 e. The maximum atomic E-state index is 14.0. The molecule has 0 aromatic heterocycles. The van der Waals surface area contributed by atoms with Gasteiger partial charge in [-0.05, 0) is 49.2 Å². The van der Waals surface area contributed by atoms with Crippen molar-refractivity contribution in [1.29, 1.82) is 0 Å². The van der Waals surface area contributed by atoms with Crippen LogP contribution in [-0.2, 0) is 17.9 Å². The smallest absolute Gasteiger partial charge is 0.192 e. The fraction of sp³-hybridized carbons (Fsp3) is 0.381. The molecule has 7 heteroatoms. The van der Waals surface area contributed by atoms with Crippen LogP contribution in [0.1, 0.15) is 36.6 Å². The summed E-state index contributed by atoms with van der Waals surface area (Å²) in [6.45, 7) is 5.14. The zero-order valence-corrected chi connectivity index (χ0v) is 16.7. The lowest BCUT2D eigenvalue weighted by Gasteiger charge is -2.19. The van der Waals surface area contributed by atoms with Crippen LogP contribution in [0.5, 0.6) is 5.75 Å². The summed E-state index contributed by atoms with van der Waals surface area (Å²) < 4.78 is 37.7. The Morgan fingerprint density at radius 1 is 1.11 bits per heavy atom.